The van der Waals surface area contributed by atoms with Crippen LogP contribution in [0.3, 0.4) is 0 Å². The molecule has 0 aliphatic heterocycles. The second-order valence-corrected chi connectivity index (χ2v) is 5.23. The lowest BCUT2D eigenvalue weighted by atomic mass is 10.1. The van der Waals surface area contributed by atoms with Gasteiger partial charge in [-0.1, -0.05) is 41.9 Å². The van der Waals surface area contributed by atoms with Gasteiger partial charge in [0.05, 0.1) is 5.52 Å². The highest BCUT2D eigenvalue weighted by Crippen LogP contribution is 2.33. The number of hydrogen-bond donors (Lipinski definition) is 1. The standard InChI is InChI=1S/C17H11ClN2/c18-12-6-7-16-13(8-12)15-10-19-9-14(17(15)20-16)11-4-2-1-3-5-11/h1-10,20H. The summed E-state index contributed by atoms with van der Waals surface area (Å²) >= 11 is 6.10. The van der Waals surface area contributed by atoms with Gasteiger partial charge in [-0.15, -0.1) is 0 Å². The molecule has 0 atom stereocenters. The van der Waals surface area contributed by atoms with Crippen molar-refractivity contribution in [3.05, 3.63) is 65.9 Å². The second-order valence-electron chi connectivity index (χ2n) is 4.79. The minimum absolute atomic E-state index is 0.739. The van der Waals surface area contributed by atoms with Crippen molar-refractivity contribution in [2.75, 3.05) is 0 Å². The number of benzene rings is 2. The van der Waals surface area contributed by atoms with Gasteiger partial charge in [0, 0.05) is 39.3 Å². The predicted octanol–water partition coefficient (Wildman–Crippen LogP) is 5.04. The minimum Gasteiger partial charge on any atom is -0.354 e. The van der Waals surface area contributed by atoms with Gasteiger partial charge in [-0.3, -0.25) is 4.98 Å². The average Bonchev–Trinajstić information content (AvgIpc) is 2.86. The van der Waals surface area contributed by atoms with Crippen LogP contribution < -0.4 is 0 Å². The Kier molecular flexibility index (Phi) is 2.51. The molecule has 2 aromatic heterocycles. The lowest BCUT2D eigenvalue weighted by Crippen LogP contribution is -1.82. The largest absolute Gasteiger partial charge is 0.354 e. The van der Waals surface area contributed by atoms with E-state index in [1.807, 2.05) is 48.8 Å². The summed E-state index contributed by atoms with van der Waals surface area (Å²) in [5.41, 5.74) is 4.44. The van der Waals surface area contributed by atoms with Gasteiger partial charge in [-0.05, 0) is 23.8 Å². The van der Waals surface area contributed by atoms with Gasteiger partial charge in [0.1, 0.15) is 0 Å². The third-order valence-corrected chi connectivity index (χ3v) is 3.80. The number of aromatic amines is 1. The molecule has 2 heterocycles. The molecular weight excluding hydrogens is 268 g/mol. The van der Waals surface area contributed by atoms with Crippen LogP contribution in [0.15, 0.2) is 60.9 Å². The molecule has 0 saturated carbocycles. The Labute approximate surface area is 121 Å². The molecule has 3 heteroatoms. The van der Waals surface area contributed by atoms with Crippen LogP contribution in [0.1, 0.15) is 0 Å². The first kappa shape index (κ1) is 11.5. The van der Waals surface area contributed by atoms with Crippen molar-refractivity contribution < 1.29 is 0 Å². The summed E-state index contributed by atoms with van der Waals surface area (Å²) < 4.78 is 0. The lowest BCUT2D eigenvalue weighted by Gasteiger charge is -2.02. The first-order chi connectivity index (χ1) is 9.83. The molecule has 0 radical (unpaired) electrons. The van der Waals surface area contributed by atoms with E-state index in [0.717, 1.165) is 38.0 Å². The van der Waals surface area contributed by atoms with Crippen LogP contribution in [-0.4, -0.2) is 9.97 Å². The van der Waals surface area contributed by atoms with E-state index in [4.69, 9.17) is 11.6 Å². The van der Waals surface area contributed by atoms with Crippen molar-refractivity contribution >= 4 is 33.4 Å². The van der Waals surface area contributed by atoms with Crippen LogP contribution in [0, 0.1) is 0 Å². The first-order valence-electron chi connectivity index (χ1n) is 6.43. The number of fused-ring (bicyclic) bond motifs is 3. The van der Waals surface area contributed by atoms with E-state index >= 15 is 0 Å². The maximum Gasteiger partial charge on any atom is 0.0575 e. The Morgan fingerprint density at radius 3 is 2.60 bits per heavy atom. The maximum absolute atomic E-state index is 6.10. The van der Waals surface area contributed by atoms with Crippen LogP contribution in [0.5, 0.6) is 0 Å². The van der Waals surface area contributed by atoms with E-state index in [0.29, 0.717) is 0 Å². The van der Waals surface area contributed by atoms with Gasteiger partial charge in [-0.25, -0.2) is 0 Å². The number of hydrogen-bond acceptors (Lipinski definition) is 1. The average molecular weight is 279 g/mol. The molecule has 0 spiro atoms. The van der Waals surface area contributed by atoms with Crippen molar-refractivity contribution in [3.63, 3.8) is 0 Å². The molecule has 4 rings (SSSR count). The monoisotopic (exact) mass is 278 g/mol. The van der Waals surface area contributed by atoms with Crippen molar-refractivity contribution in [2.24, 2.45) is 0 Å². The fourth-order valence-electron chi connectivity index (χ4n) is 2.62. The molecule has 96 valence electrons. The molecule has 0 saturated heterocycles. The Balaban J connectivity index is 2.11. The lowest BCUT2D eigenvalue weighted by molar-refractivity contribution is 1.36. The second kappa shape index (κ2) is 4.36. The minimum atomic E-state index is 0.739. The number of nitrogens with zero attached hydrogens (tertiary/aromatic N) is 1. The molecule has 0 fully saturated rings. The van der Waals surface area contributed by atoms with E-state index in [1.54, 1.807) is 0 Å². The fraction of sp³-hybridized carbons (Fsp3) is 0. The van der Waals surface area contributed by atoms with Gasteiger partial charge in [-0.2, -0.15) is 0 Å². The molecule has 1 N–H and O–H groups in total. The quantitative estimate of drug-likeness (QED) is 0.519. The van der Waals surface area contributed by atoms with Crippen molar-refractivity contribution in [1.82, 2.24) is 9.97 Å². The number of pyridine rings is 1. The number of halogens is 1. The highest BCUT2D eigenvalue weighted by atomic mass is 35.5. The molecule has 2 aromatic carbocycles. The molecule has 0 aliphatic rings. The van der Waals surface area contributed by atoms with Crippen LogP contribution in [0.4, 0.5) is 0 Å². The number of aromatic nitrogens is 2. The van der Waals surface area contributed by atoms with Gasteiger partial charge < -0.3 is 4.98 Å². The van der Waals surface area contributed by atoms with Crippen LogP contribution in [0.25, 0.3) is 32.9 Å². The number of rotatable bonds is 1. The summed E-state index contributed by atoms with van der Waals surface area (Å²) in [5, 5.41) is 2.95. The van der Waals surface area contributed by atoms with Crippen LogP contribution >= 0.6 is 11.6 Å². The van der Waals surface area contributed by atoms with Crippen molar-refractivity contribution in [3.8, 4) is 11.1 Å². The third-order valence-electron chi connectivity index (χ3n) is 3.56. The fourth-order valence-corrected chi connectivity index (χ4v) is 2.79. The normalized spacial score (nSPS) is 11.2. The smallest absolute Gasteiger partial charge is 0.0575 e. The summed E-state index contributed by atoms with van der Waals surface area (Å²) in [6, 6.07) is 16.2. The molecule has 0 amide bonds. The Hall–Kier alpha value is -2.32. The first-order valence-corrected chi connectivity index (χ1v) is 6.81. The highest BCUT2D eigenvalue weighted by Gasteiger charge is 2.10. The van der Waals surface area contributed by atoms with E-state index in [9.17, 15) is 0 Å². The Morgan fingerprint density at radius 2 is 1.75 bits per heavy atom. The predicted molar refractivity (Wildman–Crippen MR) is 84.0 cm³/mol. The molecule has 2 nitrogen and oxygen atoms in total. The van der Waals surface area contributed by atoms with E-state index in [2.05, 4.69) is 22.1 Å². The van der Waals surface area contributed by atoms with Crippen molar-refractivity contribution in [2.45, 2.75) is 0 Å². The molecule has 0 bridgehead atoms. The van der Waals surface area contributed by atoms with Gasteiger partial charge in [0.2, 0.25) is 0 Å². The van der Waals surface area contributed by atoms with Gasteiger partial charge in [0.15, 0.2) is 0 Å². The summed E-state index contributed by atoms with van der Waals surface area (Å²) in [4.78, 5) is 7.85. The van der Waals surface area contributed by atoms with E-state index in [-0.39, 0.29) is 0 Å². The Bertz CT molecular complexity index is 910. The van der Waals surface area contributed by atoms with E-state index in [1.165, 1.54) is 0 Å². The molecule has 0 aliphatic carbocycles. The zero-order valence-corrected chi connectivity index (χ0v) is 11.4. The molecular formula is C17H11ClN2. The molecule has 4 aromatic rings. The van der Waals surface area contributed by atoms with Crippen LogP contribution in [0.2, 0.25) is 5.02 Å². The topological polar surface area (TPSA) is 28.7 Å². The highest BCUT2D eigenvalue weighted by molar-refractivity contribution is 6.32. The summed E-state index contributed by atoms with van der Waals surface area (Å²) in [6.07, 6.45) is 3.78. The summed E-state index contributed by atoms with van der Waals surface area (Å²) in [6.45, 7) is 0. The van der Waals surface area contributed by atoms with Crippen LogP contribution in [-0.2, 0) is 0 Å². The van der Waals surface area contributed by atoms with Gasteiger partial charge >= 0.3 is 0 Å². The zero-order valence-electron chi connectivity index (χ0n) is 10.6. The Morgan fingerprint density at radius 1 is 0.900 bits per heavy atom. The number of H-pyrrole nitrogens is 1. The zero-order chi connectivity index (χ0) is 13.5. The molecule has 0 unspecified atom stereocenters. The number of nitrogens with one attached hydrogen (secondary N) is 1. The van der Waals surface area contributed by atoms with E-state index < -0.39 is 0 Å². The van der Waals surface area contributed by atoms with Crippen molar-refractivity contribution in [1.29, 1.82) is 0 Å². The third kappa shape index (κ3) is 1.69. The van der Waals surface area contributed by atoms with Gasteiger partial charge in [0.25, 0.3) is 0 Å². The molecule has 20 heavy (non-hydrogen) atoms. The summed E-state index contributed by atoms with van der Waals surface area (Å²) in [5.74, 6) is 0. The maximum atomic E-state index is 6.10. The SMILES string of the molecule is Clc1ccc2[nH]c3c(-c4ccccc4)cncc3c2c1. The summed E-state index contributed by atoms with van der Waals surface area (Å²) in [7, 11) is 0.